The predicted octanol–water partition coefficient (Wildman–Crippen LogP) is 6.51. The van der Waals surface area contributed by atoms with Crippen LogP contribution >= 0.6 is 23.2 Å². The minimum Gasteiger partial charge on any atom is -0.354 e. The summed E-state index contributed by atoms with van der Waals surface area (Å²) >= 11 is 12.4. The second-order valence-corrected chi connectivity index (χ2v) is 13.8. The number of nitrogens with zero attached hydrogens (tertiary/aromatic N) is 2. The van der Waals surface area contributed by atoms with Crippen molar-refractivity contribution in [1.29, 1.82) is 0 Å². The molecule has 0 aliphatic carbocycles. The van der Waals surface area contributed by atoms with Gasteiger partial charge in [-0.05, 0) is 59.7 Å². The van der Waals surface area contributed by atoms with Crippen molar-refractivity contribution >= 4 is 50.7 Å². The maximum absolute atomic E-state index is 13.9. The molecular formula is C33H41Cl2N3O4S. The van der Waals surface area contributed by atoms with Gasteiger partial charge in [-0.1, -0.05) is 92.5 Å². The number of amides is 2. The number of rotatable bonds is 15. The molecule has 0 unspecified atom stereocenters. The molecule has 7 nitrogen and oxygen atoms in total. The first-order valence-corrected chi connectivity index (χ1v) is 17.1. The highest BCUT2D eigenvalue weighted by atomic mass is 35.5. The first kappa shape index (κ1) is 34.4. The molecule has 0 aliphatic rings. The summed E-state index contributed by atoms with van der Waals surface area (Å²) in [6.07, 6.45) is 2.64. The van der Waals surface area contributed by atoms with Crippen molar-refractivity contribution < 1.29 is 18.0 Å². The van der Waals surface area contributed by atoms with Crippen molar-refractivity contribution in [2.24, 2.45) is 5.92 Å². The van der Waals surface area contributed by atoms with Gasteiger partial charge < -0.3 is 10.2 Å². The second-order valence-electron chi connectivity index (χ2n) is 11.1. The summed E-state index contributed by atoms with van der Waals surface area (Å²) in [5.41, 5.74) is 3.30. The highest BCUT2D eigenvalue weighted by molar-refractivity contribution is 7.92. The molecule has 3 rings (SSSR count). The Kier molecular flexibility index (Phi) is 12.9. The van der Waals surface area contributed by atoms with Crippen LogP contribution in [0.2, 0.25) is 10.0 Å². The van der Waals surface area contributed by atoms with Crippen LogP contribution in [0.25, 0.3) is 0 Å². The third-order valence-corrected chi connectivity index (χ3v) is 9.01. The number of aryl methyl sites for hydroxylation is 1. The molecule has 3 aromatic carbocycles. The largest absolute Gasteiger partial charge is 0.354 e. The summed E-state index contributed by atoms with van der Waals surface area (Å²) in [6, 6.07) is 21.3. The zero-order valence-electron chi connectivity index (χ0n) is 25.2. The van der Waals surface area contributed by atoms with Crippen LogP contribution in [-0.4, -0.2) is 50.5 Å². The Morgan fingerprint density at radius 2 is 1.53 bits per heavy atom. The number of carbonyl (C=O) groups is 2. The van der Waals surface area contributed by atoms with Crippen LogP contribution in [-0.2, 0) is 39.0 Å². The van der Waals surface area contributed by atoms with Crippen LogP contribution in [0.1, 0.15) is 50.3 Å². The van der Waals surface area contributed by atoms with E-state index < -0.39 is 16.1 Å². The highest BCUT2D eigenvalue weighted by Crippen LogP contribution is 2.25. The van der Waals surface area contributed by atoms with E-state index in [1.807, 2.05) is 63.2 Å². The monoisotopic (exact) mass is 645 g/mol. The molecule has 0 saturated heterocycles. The Balaban J connectivity index is 1.89. The molecule has 10 heteroatoms. The zero-order valence-corrected chi connectivity index (χ0v) is 27.6. The highest BCUT2D eigenvalue weighted by Gasteiger charge is 2.30. The van der Waals surface area contributed by atoms with Gasteiger partial charge in [0.2, 0.25) is 21.8 Å². The van der Waals surface area contributed by atoms with Gasteiger partial charge in [-0.15, -0.1) is 0 Å². The molecule has 0 aliphatic heterocycles. The standard InChI is InChI=1S/C33H41Cl2N3O4S/c1-5-25-13-16-28(17-14-25)38(43(4,41)42)19-9-12-32(39)37(23-27-15-18-29(34)30(35)20-27)31(33(40)36-22-24(2)3)21-26-10-7-6-8-11-26/h6-8,10-11,13-18,20,24,31H,5,9,12,19,21-23H2,1-4H3,(H,36,40)/t31-/m1/s1. The Morgan fingerprint density at radius 3 is 2.12 bits per heavy atom. The van der Waals surface area contributed by atoms with E-state index in [2.05, 4.69) is 5.32 Å². The van der Waals surface area contributed by atoms with Gasteiger partial charge in [0.05, 0.1) is 22.0 Å². The number of hydrogen-bond donors (Lipinski definition) is 1. The van der Waals surface area contributed by atoms with Crippen LogP contribution in [0, 0.1) is 5.92 Å². The lowest BCUT2D eigenvalue weighted by atomic mass is 10.0. The molecule has 3 aromatic rings. The third-order valence-electron chi connectivity index (χ3n) is 7.08. The molecule has 0 fully saturated rings. The van der Waals surface area contributed by atoms with Crippen LogP contribution in [0.3, 0.4) is 0 Å². The molecular weight excluding hydrogens is 605 g/mol. The van der Waals surface area contributed by atoms with E-state index in [0.717, 1.165) is 29.4 Å². The van der Waals surface area contributed by atoms with Gasteiger partial charge in [-0.25, -0.2) is 8.42 Å². The van der Waals surface area contributed by atoms with Crippen molar-refractivity contribution in [2.45, 2.75) is 59.0 Å². The van der Waals surface area contributed by atoms with Crippen LogP contribution < -0.4 is 9.62 Å². The van der Waals surface area contributed by atoms with E-state index in [9.17, 15) is 18.0 Å². The summed E-state index contributed by atoms with van der Waals surface area (Å²) in [6.45, 7) is 6.78. The fourth-order valence-electron chi connectivity index (χ4n) is 4.71. The van der Waals surface area contributed by atoms with E-state index in [-0.39, 0.29) is 43.7 Å². The second kappa shape index (κ2) is 16.1. The first-order valence-electron chi connectivity index (χ1n) is 14.5. The zero-order chi connectivity index (χ0) is 31.6. The van der Waals surface area contributed by atoms with Crippen LogP contribution in [0.15, 0.2) is 72.8 Å². The van der Waals surface area contributed by atoms with Crippen molar-refractivity contribution in [3.05, 3.63) is 99.5 Å². The van der Waals surface area contributed by atoms with Crippen molar-refractivity contribution in [1.82, 2.24) is 10.2 Å². The fraction of sp³-hybridized carbons (Fsp3) is 0.394. The maximum atomic E-state index is 13.9. The molecule has 43 heavy (non-hydrogen) atoms. The Morgan fingerprint density at radius 1 is 0.884 bits per heavy atom. The summed E-state index contributed by atoms with van der Waals surface area (Å²) < 4.78 is 26.7. The molecule has 0 aromatic heterocycles. The average Bonchev–Trinajstić information content (AvgIpc) is 2.97. The normalized spacial score (nSPS) is 12.2. The van der Waals surface area contributed by atoms with E-state index in [0.29, 0.717) is 28.7 Å². The molecule has 1 atom stereocenters. The minimum atomic E-state index is -3.58. The fourth-order valence-corrected chi connectivity index (χ4v) is 6.00. The van der Waals surface area contributed by atoms with Gasteiger partial charge in [0.15, 0.2) is 0 Å². The third kappa shape index (κ3) is 10.6. The predicted molar refractivity (Wildman–Crippen MR) is 176 cm³/mol. The number of hydrogen-bond acceptors (Lipinski definition) is 4. The Bertz CT molecular complexity index is 1470. The SMILES string of the molecule is CCc1ccc(N(CCCC(=O)N(Cc2ccc(Cl)c(Cl)c2)[C@H](Cc2ccccc2)C(=O)NCC(C)C)S(C)(=O)=O)cc1. The lowest BCUT2D eigenvalue weighted by Gasteiger charge is -2.32. The smallest absolute Gasteiger partial charge is 0.243 e. The molecule has 2 amide bonds. The number of anilines is 1. The average molecular weight is 647 g/mol. The molecule has 0 heterocycles. The summed E-state index contributed by atoms with van der Waals surface area (Å²) in [4.78, 5) is 29.1. The van der Waals surface area contributed by atoms with E-state index in [1.165, 1.54) is 4.31 Å². The topological polar surface area (TPSA) is 86.8 Å². The number of halogens is 2. The minimum absolute atomic E-state index is 0.0448. The van der Waals surface area contributed by atoms with E-state index in [1.54, 1.807) is 35.2 Å². The van der Waals surface area contributed by atoms with Gasteiger partial charge in [-0.3, -0.25) is 13.9 Å². The lowest BCUT2D eigenvalue weighted by molar-refractivity contribution is -0.141. The molecule has 1 N–H and O–H groups in total. The lowest BCUT2D eigenvalue weighted by Crippen LogP contribution is -2.51. The molecule has 0 bridgehead atoms. The molecule has 0 saturated carbocycles. The Labute approximate surface area is 266 Å². The van der Waals surface area contributed by atoms with Gasteiger partial charge in [0.25, 0.3) is 0 Å². The van der Waals surface area contributed by atoms with Crippen LogP contribution in [0.4, 0.5) is 5.69 Å². The van der Waals surface area contributed by atoms with Crippen molar-refractivity contribution in [2.75, 3.05) is 23.7 Å². The van der Waals surface area contributed by atoms with Gasteiger partial charge in [0, 0.05) is 32.5 Å². The number of carbonyl (C=O) groups excluding carboxylic acids is 2. The van der Waals surface area contributed by atoms with Crippen molar-refractivity contribution in [3.8, 4) is 0 Å². The van der Waals surface area contributed by atoms with Crippen molar-refractivity contribution in [3.63, 3.8) is 0 Å². The quantitative estimate of drug-likeness (QED) is 0.204. The number of benzene rings is 3. The summed E-state index contributed by atoms with van der Waals surface area (Å²) in [7, 11) is -3.58. The molecule has 0 radical (unpaired) electrons. The molecule has 232 valence electrons. The van der Waals surface area contributed by atoms with Gasteiger partial charge in [-0.2, -0.15) is 0 Å². The van der Waals surface area contributed by atoms with Crippen LogP contribution in [0.5, 0.6) is 0 Å². The first-order chi connectivity index (χ1) is 20.4. The summed E-state index contributed by atoms with van der Waals surface area (Å²) in [5, 5.41) is 3.75. The van der Waals surface area contributed by atoms with Gasteiger partial charge >= 0.3 is 0 Å². The van der Waals surface area contributed by atoms with E-state index in [4.69, 9.17) is 23.2 Å². The summed E-state index contributed by atoms with van der Waals surface area (Å²) in [5.74, 6) is -0.282. The number of nitrogens with one attached hydrogen (secondary N) is 1. The Hall–Kier alpha value is -3.07. The van der Waals surface area contributed by atoms with Gasteiger partial charge in [0.1, 0.15) is 6.04 Å². The maximum Gasteiger partial charge on any atom is 0.243 e. The molecule has 0 spiro atoms. The van der Waals surface area contributed by atoms with E-state index >= 15 is 0 Å². The number of sulfonamides is 1.